The average Bonchev–Trinajstić information content (AvgIpc) is 3.40. The van der Waals surface area contributed by atoms with E-state index in [0.29, 0.717) is 31.9 Å². The second-order valence-corrected chi connectivity index (χ2v) is 7.12. The molecule has 0 aliphatic carbocycles. The van der Waals surface area contributed by atoms with Crippen LogP contribution in [0.3, 0.4) is 0 Å². The second kappa shape index (κ2) is 6.92. The number of hydrogen-bond acceptors (Lipinski definition) is 4. The highest BCUT2D eigenvalue weighted by atomic mass is 16.2. The molecule has 0 bridgehead atoms. The van der Waals surface area contributed by atoms with Gasteiger partial charge in [0, 0.05) is 38.2 Å². The van der Waals surface area contributed by atoms with Gasteiger partial charge in [-0.2, -0.15) is 5.10 Å². The van der Waals surface area contributed by atoms with Crippen molar-refractivity contribution in [2.24, 2.45) is 17.6 Å². The van der Waals surface area contributed by atoms with E-state index in [2.05, 4.69) is 22.3 Å². The molecule has 3 atom stereocenters. The highest BCUT2D eigenvalue weighted by Crippen LogP contribution is 2.34. The summed E-state index contributed by atoms with van der Waals surface area (Å²) in [6.45, 7) is 2.29. The zero-order chi connectivity index (χ0) is 18.1. The van der Waals surface area contributed by atoms with E-state index in [-0.39, 0.29) is 36.0 Å². The van der Waals surface area contributed by atoms with Gasteiger partial charge in [-0.1, -0.05) is 30.3 Å². The minimum atomic E-state index is -0.301. The average molecular weight is 353 g/mol. The lowest BCUT2D eigenvalue weighted by molar-refractivity contribution is -0.134. The van der Waals surface area contributed by atoms with Crippen LogP contribution in [-0.4, -0.2) is 53.1 Å². The zero-order valence-electron chi connectivity index (χ0n) is 14.5. The number of aromatic amines is 1. The summed E-state index contributed by atoms with van der Waals surface area (Å²) < 4.78 is 0. The van der Waals surface area contributed by atoms with Crippen molar-refractivity contribution >= 4 is 17.5 Å². The molecular formula is C19H23N5O2. The molecule has 1 aromatic carbocycles. The minimum Gasteiger partial charge on any atom is -0.341 e. The van der Waals surface area contributed by atoms with E-state index in [1.54, 1.807) is 17.3 Å². The van der Waals surface area contributed by atoms with Gasteiger partial charge in [-0.05, 0) is 18.0 Å². The van der Waals surface area contributed by atoms with Crippen molar-refractivity contribution in [1.29, 1.82) is 0 Å². The highest BCUT2D eigenvalue weighted by molar-refractivity contribution is 6.00. The van der Waals surface area contributed by atoms with Gasteiger partial charge >= 0.3 is 0 Å². The molecule has 7 nitrogen and oxygen atoms in total. The normalized spacial score (nSPS) is 25.9. The summed E-state index contributed by atoms with van der Waals surface area (Å²) in [4.78, 5) is 28.9. The third-order valence-electron chi connectivity index (χ3n) is 5.55. The van der Waals surface area contributed by atoms with Gasteiger partial charge in [-0.25, -0.2) is 0 Å². The van der Waals surface area contributed by atoms with Crippen LogP contribution >= 0.6 is 0 Å². The van der Waals surface area contributed by atoms with E-state index in [1.807, 2.05) is 23.1 Å². The number of nitrogens with zero attached hydrogens (tertiary/aromatic N) is 3. The summed E-state index contributed by atoms with van der Waals surface area (Å²) in [5.74, 6) is 0.237. The number of carbonyl (C=O) groups is 2. The number of nitrogens with one attached hydrogen (secondary N) is 1. The Bertz CT molecular complexity index is 776. The molecule has 136 valence electrons. The smallest absolute Gasteiger partial charge is 0.228 e. The maximum absolute atomic E-state index is 13.0. The highest BCUT2D eigenvalue weighted by Gasteiger charge is 2.42. The van der Waals surface area contributed by atoms with Crippen LogP contribution in [0.2, 0.25) is 0 Å². The predicted octanol–water partition coefficient (Wildman–Crippen LogP) is 0.964. The van der Waals surface area contributed by atoms with Crippen molar-refractivity contribution in [2.45, 2.75) is 12.3 Å². The van der Waals surface area contributed by atoms with E-state index in [0.717, 1.165) is 0 Å². The van der Waals surface area contributed by atoms with Crippen LogP contribution in [0, 0.1) is 11.8 Å². The number of carbonyl (C=O) groups excluding carboxylic acids is 2. The Kier molecular flexibility index (Phi) is 4.46. The fraction of sp³-hybridized carbons (Fsp3) is 0.421. The van der Waals surface area contributed by atoms with Crippen LogP contribution in [0.5, 0.6) is 0 Å². The van der Waals surface area contributed by atoms with Gasteiger partial charge in [-0.3, -0.25) is 14.7 Å². The van der Waals surface area contributed by atoms with Gasteiger partial charge in [0.2, 0.25) is 11.8 Å². The molecule has 2 aliphatic rings. The molecule has 7 heteroatoms. The lowest BCUT2D eigenvalue weighted by Crippen LogP contribution is -2.36. The number of benzene rings is 1. The van der Waals surface area contributed by atoms with Crippen LogP contribution in [0.25, 0.3) is 0 Å². The fourth-order valence-corrected chi connectivity index (χ4v) is 4.14. The summed E-state index contributed by atoms with van der Waals surface area (Å²) in [7, 11) is 0. The molecule has 0 radical (unpaired) electrons. The molecule has 3 N–H and O–H groups in total. The van der Waals surface area contributed by atoms with Crippen molar-refractivity contribution in [3.05, 3.63) is 48.3 Å². The molecule has 26 heavy (non-hydrogen) atoms. The number of rotatable bonds is 4. The number of amides is 2. The van der Waals surface area contributed by atoms with Crippen molar-refractivity contribution < 1.29 is 9.59 Å². The summed E-state index contributed by atoms with van der Waals surface area (Å²) in [5, 5.41) is 6.60. The van der Waals surface area contributed by atoms with Crippen LogP contribution in [0.4, 0.5) is 5.69 Å². The molecule has 2 amide bonds. The Morgan fingerprint density at radius 3 is 2.73 bits per heavy atom. The van der Waals surface area contributed by atoms with E-state index in [1.165, 1.54) is 5.56 Å². The molecule has 0 saturated carbocycles. The van der Waals surface area contributed by atoms with E-state index < -0.39 is 0 Å². The molecular weight excluding hydrogens is 330 g/mol. The van der Waals surface area contributed by atoms with Gasteiger partial charge < -0.3 is 15.5 Å². The maximum atomic E-state index is 13.0. The third-order valence-corrected chi connectivity index (χ3v) is 5.55. The van der Waals surface area contributed by atoms with E-state index in [4.69, 9.17) is 5.73 Å². The van der Waals surface area contributed by atoms with Gasteiger partial charge in [-0.15, -0.1) is 0 Å². The summed E-state index contributed by atoms with van der Waals surface area (Å²) in [5.41, 5.74) is 7.91. The maximum Gasteiger partial charge on any atom is 0.228 e. The molecule has 2 aliphatic heterocycles. The Morgan fingerprint density at radius 2 is 2.04 bits per heavy atom. The largest absolute Gasteiger partial charge is 0.341 e. The van der Waals surface area contributed by atoms with Crippen molar-refractivity contribution in [3.8, 4) is 0 Å². The van der Waals surface area contributed by atoms with Crippen LogP contribution in [-0.2, 0) is 9.59 Å². The minimum absolute atomic E-state index is 0.0288. The number of aromatic nitrogens is 2. The topological polar surface area (TPSA) is 95.3 Å². The Labute approximate surface area is 152 Å². The number of H-pyrrole nitrogens is 1. The zero-order valence-corrected chi connectivity index (χ0v) is 14.5. The standard InChI is InChI=1S/C19H23N5O2/c20-7-15-10-23(12-17(15)13-4-2-1-3-5-13)19(26)14-6-18(25)24(11-14)16-8-21-22-9-16/h1-5,8-9,14-15,17H,6-7,10-12,20H2,(H,21,22)/t14?,15-,17+/m1/s1. The number of anilines is 1. The summed E-state index contributed by atoms with van der Waals surface area (Å²) in [6.07, 6.45) is 3.54. The Balaban J connectivity index is 1.46. The summed E-state index contributed by atoms with van der Waals surface area (Å²) in [6, 6.07) is 10.2. The van der Waals surface area contributed by atoms with Gasteiger partial charge in [0.25, 0.3) is 0 Å². The molecule has 2 fully saturated rings. The van der Waals surface area contributed by atoms with Crippen molar-refractivity contribution in [1.82, 2.24) is 15.1 Å². The molecule has 4 rings (SSSR count). The number of hydrogen-bond donors (Lipinski definition) is 2. The third kappa shape index (κ3) is 2.99. The quantitative estimate of drug-likeness (QED) is 0.856. The summed E-state index contributed by atoms with van der Waals surface area (Å²) >= 11 is 0. The first-order valence-electron chi connectivity index (χ1n) is 9.00. The SMILES string of the molecule is NC[C@@H]1CN(C(=O)C2CC(=O)N(c3cn[nH]c3)C2)C[C@H]1c1ccccc1. The van der Waals surface area contributed by atoms with Crippen LogP contribution in [0.15, 0.2) is 42.7 Å². The number of likely N-dealkylation sites (tertiary alicyclic amines) is 1. The van der Waals surface area contributed by atoms with Gasteiger partial charge in [0.15, 0.2) is 0 Å². The molecule has 2 saturated heterocycles. The molecule has 2 aromatic rings. The lowest BCUT2D eigenvalue weighted by Gasteiger charge is -2.21. The molecule has 1 unspecified atom stereocenters. The Hall–Kier alpha value is -2.67. The first-order chi connectivity index (χ1) is 12.7. The monoisotopic (exact) mass is 353 g/mol. The fourth-order valence-electron chi connectivity index (χ4n) is 4.14. The first-order valence-corrected chi connectivity index (χ1v) is 9.00. The molecule has 3 heterocycles. The Morgan fingerprint density at radius 1 is 1.23 bits per heavy atom. The molecule has 0 spiro atoms. The number of nitrogens with two attached hydrogens (primary N) is 1. The van der Waals surface area contributed by atoms with Gasteiger partial charge in [0.05, 0.1) is 17.8 Å². The van der Waals surface area contributed by atoms with Crippen LogP contribution < -0.4 is 10.6 Å². The second-order valence-electron chi connectivity index (χ2n) is 7.12. The van der Waals surface area contributed by atoms with Crippen molar-refractivity contribution in [3.63, 3.8) is 0 Å². The first kappa shape index (κ1) is 16.8. The molecule has 1 aromatic heterocycles. The predicted molar refractivity (Wildman–Crippen MR) is 97.4 cm³/mol. The van der Waals surface area contributed by atoms with E-state index in [9.17, 15) is 9.59 Å². The van der Waals surface area contributed by atoms with Crippen molar-refractivity contribution in [2.75, 3.05) is 31.1 Å². The lowest BCUT2D eigenvalue weighted by atomic mass is 9.89. The van der Waals surface area contributed by atoms with Gasteiger partial charge in [0.1, 0.15) is 0 Å². The van der Waals surface area contributed by atoms with Crippen LogP contribution in [0.1, 0.15) is 17.9 Å². The van der Waals surface area contributed by atoms with E-state index >= 15 is 0 Å².